The molecule has 1 aliphatic heterocycles. The van der Waals surface area contributed by atoms with Gasteiger partial charge in [0, 0.05) is 36.9 Å². The molecule has 0 radical (unpaired) electrons. The second-order valence-corrected chi connectivity index (χ2v) is 5.37. The van der Waals surface area contributed by atoms with Crippen LogP contribution in [0.5, 0.6) is 5.75 Å². The summed E-state index contributed by atoms with van der Waals surface area (Å²) >= 11 is 0. The summed E-state index contributed by atoms with van der Waals surface area (Å²) in [4.78, 5) is 4.70. The minimum Gasteiger partial charge on any atom is -0.496 e. The zero-order valence-electron chi connectivity index (χ0n) is 12.3. The highest BCUT2D eigenvalue weighted by atomic mass is 16.5. The third-order valence-electron chi connectivity index (χ3n) is 3.82. The number of hydrogen-bond donors (Lipinski definition) is 1. The van der Waals surface area contributed by atoms with Crippen LogP contribution in [0.3, 0.4) is 0 Å². The quantitative estimate of drug-likeness (QED) is 0.904. The van der Waals surface area contributed by atoms with Crippen molar-refractivity contribution < 1.29 is 9.84 Å². The Kier molecular flexibility index (Phi) is 4.32. The first kappa shape index (κ1) is 14.2. The van der Waals surface area contributed by atoms with E-state index in [1.54, 1.807) is 14.0 Å². The summed E-state index contributed by atoms with van der Waals surface area (Å²) < 4.78 is 5.40. The highest BCUT2D eigenvalue weighted by Gasteiger charge is 2.26. The molecule has 1 aromatic rings. The monoisotopic (exact) mass is 264 g/mol. The van der Waals surface area contributed by atoms with Gasteiger partial charge in [0.25, 0.3) is 0 Å². The second-order valence-electron chi connectivity index (χ2n) is 5.37. The van der Waals surface area contributed by atoms with Gasteiger partial charge in [0.05, 0.1) is 13.2 Å². The van der Waals surface area contributed by atoms with E-state index >= 15 is 0 Å². The Morgan fingerprint density at radius 1 is 1.37 bits per heavy atom. The van der Waals surface area contributed by atoms with Crippen molar-refractivity contribution in [2.75, 3.05) is 38.7 Å². The molecule has 0 aromatic heterocycles. The van der Waals surface area contributed by atoms with Crippen LogP contribution in [-0.4, -0.2) is 49.8 Å². The smallest absolute Gasteiger partial charge is 0.126 e. The maximum atomic E-state index is 10.1. The number of anilines is 1. The number of aliphatic hydroxyl groups is 1. The van der Waals surface area contributed by atoms with Gasteiger partial charge in [0.15, 0.2) is 0 Å². The van der Waals surface area contributed by atoms with E-state index in [0.717, 1.165) is 36.6 Å². The molecule has 1 fully saturated rings. The van der Waals surface area contributed by atoms with Crippen molar-refractivity contribution in [1.29, 1.82) is 0 Å². The number of rotatable bonds is 3. The molecular formula is C15H24N2O2. The Morgan fingerprint density at radius 3 is 2.68 bits per heavy atom. The summed E-state index contributed by atoms with van der Waals surface area (Å²) in [6.45, 7) is 7.07. The molecule has 1 heterocycles. The van der Waals surface area contributed by atoms with Crippen LogP contribution in [0.15, 0.2) is 18.2 Å². The predicted molar refractivity (Wildman–Crippen MR) is 77.9 cm³/mol. The van der Waals surface area contributed by atoms with Gasteiger partial charge in [-0.15, -0.1) is 0 Å². The maximum absolute atomic E-state index is 10.1. The first-order valence-electron chi connectivity index (χ1n) is 6.84. The average molecular weight is 264 g/mol. The molecule has 106 valence electrons. The average Bonchev–Trinajstić information content (AvgIpc) is 2.37. The fourth-order valence-electron chi connectivity index (χ4n) is 2.88. The molecule has 19 heavy (non-hydrogen) atoms. The lowest BCUT2D eigenvalue weighted by atomic mass is 10.0. The van der Waals surface area contributed by atoms with E-state index in [2.05, 4.69) is 29.8 Å². The first-order chi connectivity index (χ1) is 9.04. The summed E-state index contributed by atoms with van der Waals surface area (Å²) in [5, 5.41) is 10.1. The number of hydrogen-bond acceptors (Lipinski definition) is 4. The molecule has 0 saturated carbocycles. The summed E-state index contributed by atoms with van der Waals surface area (Å²) in [6.07, 6.45) is -0.530. The van der Waals surface area contributed by atoms with E-state index < -0.39 is 6.10 Å². The summed E-state index contributed by atoms with van der Waals surface area (Å²) in [6, 6.07) is 6.41. The van der Waals surface area contributed by atoms with Crippen LogP contribution in [0.2, 0.25) is 0 Å². The molecular weight excluding hydrogens is 240 g/mol. The molecule has 4 heteroatoms. The van der Waals surface area contributed by atoms with Crippen molar-refractivity contribution in [3.05, 3.63) is 23.8 Å². The Morgan fingerprint density at radius 2 is 2.11 bits per heavy atom. The van der Waals surface area contributed by atoms with Crippen molar-refractivity contribution in [1.82, 2.24) is 4.90 Å². The Balaban J connectivity index is 2.38. The van der Waals surface area contributed by atoms with Gasteiger partial charge in [0.1, 0.15) is 5.75 Å². The summed E-state index contributed by atoms with van der Waals surface area (Å²) in [5.74, 6) is 0.763. The molecule has 1 aromatic carbocycles. The highest BCUT2D eigenvalue weighted by Crippen LogP contribution is 2.36. The van der Waals surface area contributed by atoms with E-state index in [4.69, 9.17) is 4.74 Å². The summed E-state index contributed by atoms with van der Waals surface area (Å²) in [5.41, 5.74) is 1.98. The van der Waals surface area contributed by atoms with Gasteiger partial charge >= 0.3 is 0 Å². The van der Waals surface area contributed by atoms with Crippen LogP contribution in [0.4, 0.5) is 5.69 Å². The van der Waals surface area contributed by atoms with Crippen LogP contribution < -0.4 is 9.64 Å². The Bertz CT molecular complexity index is 434. The van der Waals surface area contributed by atoms with Gasteiger partial charge in [-0.2, -0.15) is 0 Å². The number of aliphatic hydroxyl groups excluding tert-OH is 1. The number of ether oxygens (including phenoxy) is 1. The normalized spacial score (nSPS) is 22.4. The number of likely N-dealkylation sites (N-methyl/N-ethyl adjacent to an activating group) is 1. The molecule has 0 amide bonds. The van der Waals surface area contributed by atoms with Crippen LogP contribution in [0.1, 0.15) is 25.5 Å². The van der Waals surface area contributed by atoms with Crippen molar-refractivity contribution in [2.45, 2.75) is 26.0 Å². The summed E-state index contributed by atoms with van der Waals surface area (Å²) in [7, 11) is 3.80. The number of benzene rings is 1. The standard InChI is InChI=1S/C15H24N2O2/c1-11-10-16(3)8-9-17(11)13-6-5-7-14(19-4)15(13)12(2)18/h5-7,11-12,18H,8-10H2,1-4H3. The third kappa shape index (κ3) is 2.85. The van der Waals surface area contributed by atoms with Gasteiger partial charge in [-0.1, -0.05) is 6.07 Å². The lowest BCUT2D eigenvalue weighted by Crippen LogP contribution is -2.50. The van der Waals surface area contributed by atoms with Crippen LogP contribution in [0.25, 0.3) is 0 Å². The van der Waals surface area contributed by atoms with Crippen LogP contribution in [-0.2, 0) is 0 Å². The van der Waals surface area contributed by atoms with Crippen molar-refractivity contribution in [2.24, 2.45) is 0 Å². The van der Waals surface area contributed by atoms with Crippen molar-refractivity contribution >= 4 is 5.69 Å². The van der Waals surface area contributed by atoms with Crippen molar-refractivity contribution in [3.8, 4) is 5.75 Å². The zero-order chi connectivity index (χ0) is 14.0. The van der Waals surface area contributed by atoms with E-state index in [0.29, 0.717) is 6.04 Å². The van der Waals surface area contributed by atoms with Gasteiger partial charge in [-0.3, -0.25) is 0 Å². The molecule has 2 atom stereocenters. The first-order valence-corrected chi connectivity index (χ1v) is 6.84. The van der Waals surface area contributed by atoms with E-state index in [1.807, 2.05) is 12.1 Å². The van der Waals surface area contributed by atoms with Crippen LogP contribution >= 0.6 is 0 Å². The predicted octanol–water partition coefficient (Wildman–Crippen LogP) is 1.89. The minimum absolute atomic E-state index is 0.434. The van der Waals surface area contributed by atoms with Gasteiger partial charge < -0.3 is 19.6 Å². The number of nitrogens with zero attached hydrogens (tertiary/aromatic N) is 2. The fourth-order valence-corrected chi connectivity index (χ4v) is 2.88. The minimum atomic E-state index is -0.530. The van der Waals surface area contributed by atoms with Crippen molar-refractivity contribution in [3.63, 3.8) is 0 Å². The topological polar surface area (TPSA) is 35.9 Å². The lowest BCUT2D eigenvalue weighted by molar-refractivity contribution is 0.193. The lowest BCUT2D eigenvalue weighted by Gasteiger charge is -2.41. The molecule has 1 aliphatic rings. The molecule has 2 rings (SSSR count). The van der Waals surface area contributed by atoms with E-state index in [1.165, 1.54) is 0 Å². The Labute approximate surface area is 115 Å². The fraction of sp³-hybridized carbons (Fsp3) is 0.600. The van der Waals surface area contributed by atoms with Gasteiger partial charge in [0.2, 0.25) is 0 Å². The number of methoxy groups -OCH3 is 1. The van der Waals surface area contributed by atoms with Crippen LogP contribution in [0, 0.1) is 0 Å². The third-order valence-corrected chi connectivity index (χ3v) is 3.82. The molecule has 0 aliphatic carbocycles. The van der Waals surface area contributed by atoms with E-state index in [-0.39, 0.29) is 0 Å². The molecule has 4 nitrogen and oxygen atoms in total. The molecule has 0 bridgehead atoms. The zero-order valence-corrected chi connectivity index (χ0v) is 12.3. The number of piperazine rings is 1. The van der Waals surface area contributed by atoms with Gasteiger partial charge in [-0.25, -0.2) is 0 Å². The molecule has 1 saturated heterocycles. The van der Waals surface area contributed by atoms with Gasteiger partial charge in [-0.05, 0) is 33.0 Å². The molecule has 1 N–H and O–H groups in total. The highest BCUT2D eigenvalue weighted by molar-refractivity contribution is 5.61. The Hall–Kier alpha value is -1.26. The largest absolute Gasteiger partial charge is 0.496 e. The maximum Gasteiger partial charge on any atom is 0.126 e. The molecule has 0 spiro atoms. The SMILES string of the molecule is COc1cccc(N2CCN(C)CC2C)c1C(C)O. The molecule has 2 unspecified atom stereocenters. The van der Waals surface area contributed by atoms with E-state index in [9.17, 15) is 5.11 Å². The second kappa shape index (κ2) is 5.80.